The molecule has 26 heavy (non-hydrogen) atoms. The lowest BCUT2D eigenvalue weighted by Gasteiger charge is -2.37. The summed E-state index contributed by atoms with van der Waals surface area (Å²) in [5, 5.41) is 0. The van der Waals surface area contributed by atoms with Crippen LogP contribution in [0.5, 0.6) is 5.88 Å². The number of hydrogen-bond donors (Lipinski definition) is 0. The first-order valence-electron chi connectivity index (χ1n) is 9.52. The maximum Gasteiger partial charge on any atom is 0.217 e. The summed E-state index contributed by atoms with van der Waals surface area (Å²) >= 11 is 0. The Kier molecular flexibility index (Phi) is 4.65. The molecule has 2 aliphatic heterocycles. The molecule has 4 nitrogen and oxygen atoms in total. The highest BCUT2D eigenvalue weighted by atomic mass is 19.1. The third kappa shape index (κ3) is 3.32. The first kappa shape index (κ1) is 17.4. The van der Waals surface area contributed by atoms with Crippen LogP contribution in [0.15, 0.2) is 18.2 Å². The predicted molar refractivity (Wildman–Crippen MR) is 99.1 cm³/mol. The number of fused-ring (bicyclic) bond motifs is 1. The number of halogens is 1. The minimum Gasteiger partial charge on any atom is -0.477 e. The zero-order valence-corrected chi connectivity index (χ0v) is 15.8. The van der Waals surface area contributed by atoms with Crippen LogP contribution in [0.1, 0.15) is 59.9 Å². The van der Waals surface area contributed by atoms with Crippen molar-refractivity contribution in [1.82, 2.24) is 14.9 Å². The monoisotopic (exact) mass is 355 g/mol. The summed E-state index contributed by atoms with van der Waals surface area (Å²) < 4.78 is 20.2. The zero-order valence-electron chi connectivity index (χ0n) is 15.8. The van der Waals surface area contributed by atoms with Crippen molar-refractivity contribution in [2.24, 2.45) is 0 Å². The lowest BCUT2D eigenvalue weighted by Crippen LogP contribution is -2.37. The average Bonchev–Trinajstić information content (AvgIpc) is 3.07. The maximum atomic E-state index is 14.6. The smallest absolute Gasteiger partial charge is 0.217 e. The quantitative estimate of drug-likeness (QED) is 0.831. The lowest BCUT2D eigenvalue weighted by atomic mass is 9.89. The van der Waals surface area contributed by atoms with Crippen molar-refractivity contribution >= 4 is 0 Å². The standard InChI is InChI=1S/C21H26FN3O/c1-13-9-18(10-14(2)23-13)17-5-4-7-25(12-17)15(3)20-19(22)11-16-6-8-26-21(16)24-20/h9-11,15,17H,4-8,12H2,1-3H3. The van der Waals surface area contributed by atoms with Gasteiger partial charge in [-0.15, -0.1) is 0 Å². The molecule has 0 saturated carbocycles. The number of aromatic nitrogens is 2. The SMILES string of the molecule is Cc1cc(C2CCCN(C(C)c3nc4c(cc3F)CCO4)C2)cc(C)n1. The van der Waals surface area contributed by atoms with E-state index in [0.717, 1.165) is 49.3 Å². The van der Waals surface area contributed by atoms with E-state index in [0.29, 0.717) is 24.1 Å². The third-order valence-corrected chi connectivity index (χ3v) is 5.62. The minimum absolute atomic E-state index is 0.0590. The molecule has 4 rings (SSSR count). The van der Waals surface area contributed by atoms with E-state index in [9.17, 15) is 4.39 Å². The molecule has 2 aromatic heterocycles. The van der Waals surface area contributed by atoms with Gasteiger partial charge in [-0.2, -0.15) is 0 Å². The Morgan fingerprint density at radius 1 is 1.19 bits per heavy atom. The lowest BCUT2D eigenvalue weighted by molar-refractivity contribution is 0.152. The number of ether oxygens (including phenoxy) is 1. The third-order valence-electron chi connectivity index (χ3n) is 5.62. The number of pyridine rings is 2. The van der Waals surface area contributed by atoms with Crippen molar-refractivity contribution in [3.05, 3.63) is 52.2 Å². The number of aryl methyl sites for hydroxylation is 2. The van der Waals surface area contributed by atoms with Gasteiger partial charge in [-0.05, 0) is 69.8 Å². The molecule has 4 heterocycles. The topological polar surface area (TPSA) is 38.2 Å². The van der Waals surface area contributed by atoms with Crippen LogP contribution in [0.3, 0.4) is 0 Å². The largest absolute Gasteiger partial charge is 0.477 e. The van der Waals surface area contributed by atoms with E-state index >= 15 is 0 Å². The fourth-order valence-corrected chi connectivity index (χ4v) is 4.28. The second-order valence-corrected chi connectivity index (χ2v) is 7.61. The molecular formula is C21H26FN3O. The summed E-state index contributed by atoms with van der Waals surface area (Å²) in [5.74, 6) is 0.863. The first-order chi connectivity index (χ1) is 12.5. The summed E-state index contributed by atoms with van der Waals surface area (Å²) in [7, 11) is 0. The van der Waals surface area contributed by atoms with Gasteiger partial charge in [0.05, 0.1) is 18.3 Å². The first-order valence-corrected chi connectivity index (χ1v) is 9.52. The molecule has 2 aromatic rings. The Morgan fingerprint density at radius 2 is 1.96 bits per heavy atom. The highest BCUT2D eigenvalue weighted by molar-refractivity contribution is 5.33. The fourth-order valence-electron chi connectivity index (χ4n) is 4.28. The van der Waals surface area contributed by atoms with E-state index in [4.69, 9.17) is 4.74 Å². The second-order valence-electron chi connectivity index (χ2n) is 7.61. The van der Waals surface area contributed by atoms with Crippen LogP contribution in [-0.2, 0) is 6.42 Å². The average molecular weight is 355 g/mol. The van der Waals surface area contributed by atoms with Gasteiger partial charge in [0.15, 0.2) is 0 Å². The van der Waals surface area contributed by atoms with Crippen LogP contribution in [0.4, 0.5) is 4.39 Å². The van der Waals surface area contributed by atoms with Crippen LogP contribution in [0.2, 0.25) is 0 Å². The summed E-state index contributed by atoms with van der Waals surface area (Å²) in [5.41, 5.74) is 4.87. The van der Waals surface area contributed by atoms with Crippen molar-refractivity contribution < 1.29 is 9.13 Å². The van der Waals surface area contributed by atoms with Crippen molar-refractivity contribution in [2.45, 2.75) is 52.0 Å². The molecule has 2 atom stereocenters. The van der Waals surface area contributed by atoms with E-state index in [1.807, 2.05) is 13.8 Å². The zero-order chi connectivity index (χ0) is 18.3. The highest BCUT2D eigenvalue weighted by Crippen LogP contribution is 2.34. The van der Waals surface area contributed by atoms with Crippen molar-refractivity contribution in [3.63, 3.8) is 0 Å². The summed E-state index contributed by atoms with van der Waals surface area (Å²) in [4.78, 5) is 11.3. The van der Waals surface area contributed by atoms with Crippen LogP contribution in [-0.4, -0.2) is 34.6 Å². The molecule has 0 radical (unpaired) electrons. The molecule has 138 valence electrons. The summed E-state index contributed by atoms with van der Waals surface area (Å²) in [6.45, 7) is 8.64. The molecule has 1 fully saturated rings. The second kappa shape index (κ2) is 6.95. The molecule has 0 spiro atoms. The Morgan fingerprint density at radius 3 is 2.73 bits per heavy atom. The maximum absolute atomic E-state index is 14.6. The Balaban J connectivity index is 1.56. The van der Waals surface area contributed by atoms with Crippen molar-refractivity contribution in [3.8, 4) is 5.88 Å². The van der Waals surface area contributed by atoms with E-state index in [2.05, 4.69) is 33.9 Å². The Labute approximate surface area is 154 Å². The highest BCUT2D eigenvalue weighted by Gasteiger charge is 2.29. The van der Waals surface area contributed by atoms with Crippen LogP contribution in [0.25, 0.3) is 0 Å². The van der Waals surface area contributed by atoms with Gasteiger partial charge in [-0.25, -0.2) is 9.37 Å². The molecule has 0 aliphatic carbocycles. The number of likely N-dealkylation sites (tertiary alicyclic amines) is 1. The Hall–Kier alpha value is -2.01. The summed E-state index contributed by atoms with van der Waals surface area (Å²) in [6, 6.07) is 5.93. The number of rotatable bonds is 3. The van der Waals surface area contributed by atoms with E-state index < -0.39 is 0 Å². The van der Waals surface area contributed by atoms with E-state index in [-0.39, 0.29) is 11.9 Å². The normalized spacial score (nSPS) is 21.3. The van der Waals surface area contributed by atoms with Gasteiger partial charge in [0.25, 0.3) is 0 Å². The predicted octanol–water partition coefficient (Wildman–Crippen LogP) is 4.11. The van der Waals surface area contributed by atoms with E-state index in [1.54, 1.807) is 6.07 Å². The minimum atomic E-state index is -0.209. The molecule has 2 aliphatic rings. The summed E-state index contributed by atoms with van der Waals surface area (Å²) in [6.07, 6.45) is 3.02. The molecular weight excluding hydrogens is 329 g/mol. The van der Waals surface area contributed by atoms with Crippen LogP contribution >= 0.6 is 0 Å². The van der Waals surface area contributed by atoms with Gasteiger partial charge >= 0.3 is 0 Å². The van der Waals surface area contributed by atoms with Gasteiger partial charge in [0.2, 0.25) is 5.88 Å². The molecule has 0 amide bonds. The fraction of sp³-hybridized carbons (Fsp3) is 0.524. The van der Waals surface area contributed by atoms with Gasteiger partial charge in [0, 0.05) is 29.9 Å². The molecule has 1 saturated heterocycles. The van der Waals surface area contributed by atoms with Gasteiger partial charge in [0.1, 0.15) is 5.82 Å². The van der Waals surface area contributed by atoms with Crippen molar-refractivity contribution in [1.29, 1.82) is 0 Å². The molecule has 0 bridgehead atoms. The molecule has 0 aromatic carbocycles. The van der Waals surface area contributed by atoms with Crippen molar-refractivity contribution in [2.75, 3.05) is 19.7 Å². The van der Waals surface area contributed by atoms with Gasteiger partial charge in [-0.3, -0.25) is 9.88 Å². The number of piperidine rings is 1. The molecule has 2 unspecified atom stereocenters. The number of hydrogen-bond acceptors (Lipinski definition) is 4. The molecule has 0 N–H and O–H groups in total. The molecule has 5 heteroatoms. The van der Waals surface area contributed by atoms with Crippen LogP contribution < -0.4 is 4.74 Å². The van der Waals surface area contributed by atoms with E-state index in [1.165, 1.54) is 5.56 Å². The number of nitrogens with zero attached hydrogens (tertiary/aromatic N) is 3. The van der Waals surface area contributed by atoms with Crippen LogP contribution in [0, 0.1) is 19.7 Å². The van der Waals surface area contributed by atoms with Gasteiger partial charge < -0.3 is 4.74 Å². The van der Waals surface area contributed by atoms with Gasteiger partial charge in [-0.1, -0.05) is 0 Å². The Bertz CT molecular complexity index is 803.